The Labute approximate surface area is 115 Å². The molecule has 0 heterocycles. The van der Waals surface area contributed by atoms with Crippen molar-refractivity contribution in [1.82, 2.24) is 5.32 Å². The molecule has 0 saturated carbocycles. The number of aliphatic carboxylic acids is 1. The lowest BCUT2D eigenvalue weighted by molar-refractivity contribution is -0.757. The molecule has 1 amide bonds. The van der Waals surface area contributed by atoms with Crippen LogP contribution < -0.4 is 11.1 Å². The topological polar surface area (TPSA) is 154 Å². The second kappa shape index (κ2) is 10.8. The first-order valence-corrected chi connectivity index (χ1v) is 6.09. The van der Waals surface area contributed by atoms with Crippen LogP contribution in [0.1, 0.15) is 25.7 Å². The number of carbonyl (C=O) groups is 2. The Morgan fingerprint density at radius 2 is 1.95 bits per heavy atom. The summed E-state index contributed by atoms with van der Waals surface area (Å²) in [6.45, 7) is 0.0478. The van der Waals surface area contributed by atoms with Gasteiger partial charge in [-0.1, -0.05) is 12.8 Å². The fourth-order valence-electron chi connectivity index (χ4n) is 1.20. The highest BCUT2D eigenvalue weighted by Crippen LogP contribution is 1.99. The molecule has 116 valence electrons. The minimum Gasteiger partial charge on any atom is -0.480 e. The number of amides is 1. The Morgan fingerprint density at radius 3 is 2.55 bits per heavy atom. The minimum absolute atomic E-state index is 0.0650. The number of hydrogen-bond donors (Lipinski definition) is 3. The Hall–Kier alpha value is -2.10. The van der Waals surface area contributed by atoms with Crippen molar-refractivity contribution in [2.75, 3.05) is 19.8 Å². The number of ether oxygens (including phenoxy) is 1. The highest BCUT2D eigenvalue weighted by Gasteiger charge is 2.13. The van der Waals surface area contributed by atoms with Crippen LogP contribution in [0.3, 0.4) is 0 Å². The molecule has 0 aliphatic heterocycles. The lowest BCUT2D eigenvalue weighted by Gasteiger charge is -2.09. The van der Waals surface area contributed by atoms with Gasteiger partial charge in [-0.05, 0) is 12.8 Å². The molecule has 0 aromatic carbocycles. The zero-order valence-electron chi connectivity index (χ0n) is 10.9. The molecule has 0 aliphatic carbocycles. The third kappa shape index (κ3) is 11.0. The molecule has 0 aromatic rings. The molecule has 10 nitrogen and oxygen atoms in total. The van der Waals surface area contributed by atoms with Crippen molar-refractivity contribution >= 4 is 12.1 Å². The number of alkyl carbamates (subject to hydrolysis) is 1. The average Bonchev–Trinajstić information content (AvgIpc) is 2.38. The van der Waals surface area contributed by atoms with Crippen LogP contribution in [0.5, 0.6) is 0 Å². The Balaban J connectivity index is 3.35. The van der Waals surface area contributed by atoms with Gasteiger partial charge < -0.3 is 25.7 Å². The second-order valence-corrected chi connectivity index (χ2v) is 3.94. The Kier molecular flexibility index (Phi) is 9.66. The first kappa shape index (κ1) is 17.9. The van der Waals surface area contributed by atoms with E-state index in [1.54, 1.807) is 0 Å². The normalized spacial score (nSPS) is 11.4. The minimum atomic E-state index is -1.24. The lowest BCUT2D eigenvalue weighted by Crippen LogP contribution is -2.37. The molecule has 0 saturated heterocycles. The van der Waals surface area contributed by atoms with E-state index in [-0.39, 0.29) is 13.2 Å². The molecule has 0 aromatic heterocycles. The van der Waals surface area contributed by atoms with Crippen LogP contribution in [0.25, 0.3) is 0 Å². The largest absolute Gasteiger partial charge is 0.480 e. The first-order chi connectivity index (χ1) is 9.43. The van der Waals surface area contributed by atoms with Gasteiger partial charge in [0, 0.05) is 6.54 Å². The summed E-state index contributed by atoms with van der Waals surface area (Å²) in [5, 5.41) is 19.9. The van der Waals surface area contributed by atoms with Crippen LogP contribution in [0, 0.1) is 10.1 Å². The van der Waals surface area contributed by atoms with Gasteiger partial charge in [0.2, 0.25) is 0 Å². The van der Waals surface area contributed by atoms with Gasteiger partial charge in [-0.3, -0.25) is 4.79 Å². The summed E-state index contributed by atoms with van der Waals surface area (Å²) in [4.78, 5) is 35.4. The lowest BCUT2D eigenvalue weighted by atomic mass is 10.2. The number of carboxylic acid groups (broad SMARTS) is 1. The standard InChI is InChI=1S/C10H19N3O7/c11-8(9(14)15)7-19-10(16)12-5-3-1-2-4-6-20-13(17)18/h8H,1-7,11H2,(H,12,16)(H,14,15). The SMILES string of the molecule is NC(COC(=O)NCCCCCCO[N+](=O)[O-])C(=O)O. The van der Waals surface area contributed by atoms with Crippen LogP contribution in [0.15, 0.2) is 0 Å². The second-order valence-electron chi connectivity index (χ2n) is 3.94. The molecular weight excluding hydrogens is 274 g/mol. The van der Waals surface area contributed by atoms with Gasteiger partial charge in [0.15, 0.2) is 0 Å². The maximum absolute atomic E-state index is 11.1. The van der Waals surface area contributed by atoms with Crippen LogP contribution in [0.2, 0.25) is 0 Å². The van der Waals surface area contributed by atoms with E-state index >= 15 is 0 Å². The van der Waals surface area contributed by atoms with Crippen LogP contribution in [0.4, 0.5) is 4.79 Å². The predicted octanol–water partition coefficient (Wildman–Crippen LogP) is -0.107. The third-order valence-corrected chi connectivity index (χ3v) is 2.25. The highest BCUT2D eigenvalue weighted by molar-refractivity contribution is 5.74. The van der Waals surface area contributed by atoms with E-state index < -0.39 is 23.2 Å². The number of nitrogens with two attached hydrogens (primary N) is 1. The molecule has 0 fully saturated rings. The van der Waals surface area contributed by atoms with Crippen molar-refractivity contribution < 1.29 is 29.4 Å². The molecule has 0 bridgehead atoms. The van der Waals surface area contributed by atoms with Crippen molar-refractivity contribution in [1.29, 1.82) is 0 Å². The van der Waals surface area contributed by atoms with E-state index in [0.29, 0.717) is 19.4 Å². The molecule has 0 radical (unpaired) electrons. The Morgan fingerprint density at radius 1 is 1.30 bits per heavy atom. The number of nitrogens with one attached hydrogen (secondary N) is 1. The summed E-state index contributed by atoms with van der Waals surface area (Å²) < 4.78 is 4.59. The van der Waals surface area contributed by atoms with Crippen LogP contribution >= 0.6 is 0 Å². The fraction of sp³-hybridized carbons (Fsp3) is 0.800. The van der Waals surface area contributed by atoms with E-state index in [1.807, 2.05) is 0 Å². The average molecular weight is 293 g/mol. The van der Waals surface area contributed by atoms with Gasteiger partial charge in [0.1, 0.15) is 12.6 Å². The summed E-state index contributed by atoms with van der Waals surface area (Å²) in [6.07, 6.45) is 2.04. The summed E-state index contributed by atoms with van der Waals surface area (Å²) in [5.74, 6) is -1.24. The molecule has 0 rings (SSSR count). The van der Waals surface area contributed by atoms with E-state index in [1.165, 1.54) is 0 Å². The number of unbranched alkanes of at least 4 members (excludes halogenated alkanes) is 3. The maximum atomic E-state index is 11.1. The number of rotatable bonds is 11. The first-order valence-electron chi connectivity index (χ1n) is 6.09. The smallest absolute Gasteiger partial charge is 0.407 e. The number of carboxylic acids is 1. The van der Waals surface area contributed by atoms with E-state index in [0.717, 1.165) is 12.8 Å². The van der Waals surface area contributed by atoms with Crippen molar-refractivity contribution in [3.8, 4) is 0 Å². The molecular formula is C10H19N3O7. The van der Waals surface area contributed by atoms with Gasteiger partial charge in [-0.15, -0.1) is 10.1 Å². The maximum Gasteiger partial charge on any atom is 0.407 e. The summed E-state index contributed by atoms with van der Waals surface area (Å²) in [7, 11) is 0. The number of carbonyl (C=O) groups excluding carboxylic acids is 1. The molecule has 0 aliphatic rings. The highest BCUT2D eigenvalue weighted by atomic mass is 16.9. The Bertz CT molecular complexity index is 324. The quantitative estimate of drug-likeness (QED) is 0.271. The van der Waals surface area contributed by atoms with Crippen LogP contribution in [-0.2, 0) is 14.4 Å². The third-order valence-electron chi connectivity index (χ3n) is 2.25. The predicted molar refractivity (Wildman–Crippen MR) is 66.4 cm³/mol. The zero-order chi connectivity index (χ0) is 15.4. The van der Waals surface area contributed by atoms with Gasteiger partial charge in [-0.25, -0.2) is 4.79 Å². The van der Waals surface area contributed by atoms with E-state index in [9.17, 15) is 19.7 Å². The van der Waals surface area contributed by atoms with Crippen molar-refractivity contribution in [3.05, 3.63) is 10.1 Å². The van der Waals surface area contributed by atoms with Crippen LogP contribution in [-0.4, -0.2) is 48.1 Å². The molecule has 4 N–H and O–H groups in total. The van der Waals surface area contributed by atoms with Gasteiger partial charge in [0.05, 0.1) is 6.61 Å². The van der Waals surface area contributed by atoms with Gasteiger partial charge in [0.25, 0.3) is 5.09 Å². The molecule has 0 spiro atoms. The van der Waals surface area contributed by atoms with Crippen molar-refractivity contribution in [3.63, 3.8) is 0 Å². The number of nitrogens with zero attached hydrogens (tertiary/aromatic N) is 1. The fourth-order valence-corrected chi connectivity index (χ4v) is 1.20. The number of hydrogen-bond acceptors (Lipinski definition) is 7. The summed E-state index contributed by atoms with van der Waals surface area (Å²) in [5.41, 5.74) is 5.14. The molecule has 10 heteroatoms. The molecule has 1 atom stereocenters. The van der Waals surface area contributed by atoms with E-state index in [4.69, 9.17) is 10.8 Å². The molecule has 20 heavy (non-hydrogen) atoms. The van der Waals surface area contributed by atoms with Gasteiger partial charge in [-0.2, -0.15) is 0 Å². The van der Waals surface area contributed by atoms with E-state index in [2.05, 4.69) is 14.9 Å². The zero-order valence-corrected chi connectivity index (χ0v) is 10.9. The monoisotopic (exact) mass is 293 g/mol. The summed E-state index contributed by atoms with van der Waals surface area (Å²) in [6, 6.07) is -1.23. The van der Waals surface area contributed by atoms with Crippen molar-refractivity contribution in [2.45, 2.75) is 31.7 Å². The molecule has 1 unspecified atom stereocenters. The van der Waals surface area contributed by atoms with Gasteiger partial charge >= 0.3 is 12.1 Å². The van der Waals surface area contributed by atoms with Crippen molar-refractivity contribution in [2.24, 2.45) is 5.73 Å². The summed E-state index contributed by atoms with van der Waals surface area (Å²) >= 11 is 0.